The molecule has 0 spiro atoms. The minimum Gasteiger partial charge on any atom is -0.375 e. The maximum atomic E-state index is 9.73. The van der Waals surface area contributed by atoms with Crippen LogP contribution < -0.4 is 5.32 Å². The van der Waals surface area contributed by atoms with Crippen molar-refractivity contribution in [3.63, 3.8) is 0 Å². The van der Waals surface area contributed by atoms with E-state index in [1.807, 2.05) is 44.2 Å². The lowest BCUT2D eigenvalue weighted by Crippen LogP contribution is -2.49. The molecule has 2 atom stereocenters. The number of nitriles is 1. The Morgan fingerprint density at radius 1 is 1.25 bits per heavy atom. The van der Waals surface area contributed by atoms with Crippen LogP contribution >= 0.6 is 0 Å². The molecule has 1 rings (SSSR count). The van der Waals surface area contributed by atoms with Gasteiger partial charge in [0.05, 0.1) is 18.8 Å². The molecule has 1 aromatic carbocycles. The zero-order valence-electron chi connectivity index (χ0n) is 13.0. The van der Waals surface area contributed by atoms with Crippen LogP contribution in [0, 0.1) is 11.3 Å². The van der Waals surface area contributed by atoms with Gasteiger partial charge in [-0.1, -0.05) is 43.7 Å². The van der Waals surface area contributed by atoms with E-state index in [1.165, 1.54) is 0 Å². The van der Waals surface area contributed by atoms with Crippen LogP contribution in [0.5, 0.6) is 0 Å². The first-order valence-corrected chi connectivity index (χ1v) is 7.40. The molecule has 0 amide bonds. The van der Waals surface area contributed by atoms with Crippen molar-refractivity contribution in [2.24, 2.45) is 0 Å². The van der Waals surface area contributed by atoms with Gasteiger partial charge in [0, 0.05) is 6.04 Å². The summed E-state index contributed by atoms with van der Waals surface area (Å²) in [6, 6.07) is 12.5. The first-order valence-electron chi connectivity index (χ1n) is 7.40. The van der Waals surface area contributed by atoms with Crippen molar-refractivity contribution in [1.82, 2.24) is 5.32 Å². The second-order valence-corrected chi connectivity index (χ2v) is 5.59. The van der Waals surface area contributed by atoms with Crippen LogP contribution in [0.15, 0.2) is 30.3 Å². The lowest BCUT2D eigenvalue weighted by atomic mass is 9.91. The van der Waals surface area contributed by atoms with E-state index in [1.54, 1.807) is 0 Å². The standard InChI is InChI=1S/C17H26N2O/c1-5-9-15(4)20-13-17(12-18,19-14(2)3)16-10-7-6-8-11-16/h6-8,10-11,14-15,19H,5,9,13H2,1-4H3. The number of benzene rings is 1. The largest absolute Gasteiger partial charge is 0.375 e. The number of nitrogens with one attached hydrogen (secondary N) is 1. The summed E-state index contributed by atoms with van der Waals surface area (Å²) >= 11 is 0. The molecule has 3 heteroatoms. The van der Waals surface area contributed by atoms with Gasteiger partial charge < -0.3 is 4.74 Å². The highest BCUT2D eigenvalue weighted by molar-refractivity contribution is 5.31. The number of ether oxygens (including phenoxy) is 1. The third kappa shape index (κ3) is 4.63. The van der Waals surface area contributed by atoms with Crippen molar-refractivity contribution in [3.8, 4) is 6.07 Å². The Morgan fingerprint density at radius 2 is 1.90 bits per heavy atom. The van der Waals surface area contributed by atoms with E-state index in [-0.39, 0.29) is 12.1 Å². The van der Waals surface area contributed by atoms with Gasteiger partial charge in [0.2, 0.25) is 0 Å². The monoisotopic (exact) mass is 274 g/mol. The zero-order chi connectivity index (χ0) is 15.0. The highest BCUT2D eigenvalue weighted by atomic mass is 16.5. The van der Waals surface area contributed by atoms with E-state index in [0.717, 1.165) is 18.4 Å². The van der Waals surface area contributed by atoms with Gasteiger partial charge in [0.15, 0.2) is 5.54 Å². The van der Waals surface area contributed by atoms with Crippen LogP contribution in [0.25, 0.3) is 0 Å². The Hall–Kier alpha value is -1.37. The Labute approximate surface area is 123 Å². The van der Waals surface area contributed by atoms with Gasteiger partial charge in [0.25, 0.3) is 0 Å². The molecule has 0 aliphatic heterocycles. The maximum Gasteiger partial charge on any atom is 0.156 e. The van der Waals surface area contributed by atoms with Crippen LogP contribution in [-0.4, -0.2) is 18.8 Å². The van der Waals surface area contributed by atoms with Crippen molar-refractivity contribution in [3.05, 3.63) is 35.9 Å². The van der Waals surface area contributed by atoms with E-state index >= 15 is 0 Å². The van der Waals surface area contributed by atoms with E-state index in [9.17, 15) is 5.26 Å². The maximum absolute atomic E-state index is 9.73. The molecular weight excluding hydrogens is 248 g/mol. The number of hydrogen-bond acceptors (Lipinski definition) is 3. The molecular formula is C17H26N2O. The summed E-state index contributed by atoms with van der Waals surface area (Å²) in [5.41, 5.74) is 0.178. The predicted octanol–water partition coefficient (Wildman–Crippen LogP) is 3.61. The molecule has 0 fully saturated rings. The second-order valence-electron chi connectivity index (χ2n) is 5.59. The molecule has 0 saturated heterocycles. The summed E-state index contributed by atoms with van der Waals surface area (Å²) in [5, 5.41) is 13.1. The molecule has 3 nitrogen and oxygen atoms in total. The Bertz CT molecular complexity index is 424. The number of nitrogens with zero attached hydrogens (tertiary/aromatic N) is 1. The normalized spacial score (nSPS) is 15.6. The third-order valence-electron chi connectivity index (χ3n) is 3.27. The molecule has 0 aromatic heterocycles. The minimum atomic E-state index is -0.780. The van der Waals surface area contributed by atoms with Crippen molar-refractivity contribution in [1.29, 1.82) is 5.26 Å². The van der Waals surface area contributed by atoms with Crippen LogP contribution in [0.3, 0.4) is 0 Å². The fraction of sp³-hybridized carbons (Fsp3) is 0.588. The van der Waals surface area contributed by atoms with Gasteiger partial charge in [0.1, 0.15) is 0 Å². The predicted molar refractivity (Wildman–Crippen MR) is 82.3 cm³/mol. The fourth-order valence-electron chi connectivity index (χ4n) is 2.31. The van der Waals surface area contributed by atoms with Gasteiger partial charge in [-0.3, -0.25) is 5.32 Å². The highest BCUT2D eigenvalue weighted by Gasteiger charge is 2.33. The van der Waals surface area contributed by atoms with E-state index in [0.29, 0.717) is 6.61 Å². The molecule has 1 aromatic rings. The average Bonchev–Trinajstić information content (AvgIpc) is 2.44. The topological polar surface area (TPSA) is 45.0 Å². The lowest BCUT2D eigenvalue weighted by molar-refractivity contribution is 0.0256. The summed E-state index contributed by atoms with van der Waals surface area (Å²) < 4.78 is 5.91. The molecule has 20 heavy (non-hydrogen) atoms. The van der Waals surface area contributed by atoms with Gasteiger partial charge >= 0.3 is 0 Å². The summed E-state index contributed by atoms with van der Waals surface area (Å²) in [4.78, 5) is 0. The van der Waals surface area contributed by atoms with Crippen molar-refractivity contribution >= 4 is 0 Å². The SMILES string of the molecule is CCCC(C)OCC(C#N)(NC(C)C)c1ccccc1. The van der Waals surface area contributed by atoms with Gasteiger partial charge in [-0.25, -0.2) is 0 Å². The quantitative estimate of drug-likeness (QED) is 0.787. The molecule has 2 unspecified atom stereocenters. The lowest BCUT2D eigenvalue weighted by Gasteiger charge is -2.31. The summed E-state index contributed by atoms with van der Waals surface area (Å²) in [6.45, 7) is 8.66. The van der Waals surface area contributed by atoms with Gasteiger partial charge in [-0.2, -0.15) is 5.26 Å². The molecule has 1 N–H and O–H groups in total. The Morgan fingerprint density at radius 3 is 2.40 bits per heavy atom. The molecule has 0 aliphatic carbocycles. The van der Waals surface area contributed by atoms with Crippen molar-refractivity contribution in [2.75, 3.05) is 6.61 Å². The van der Waals surface area contributed by atoms with Crippen LogP contribution in [-0.2, 0) is 10.3 Å². The van der Waals surface area contributed by atoms with Crippen LogP contribution in [0.2, 0.25) is 0 Å². The third-order valence-corrected chi connectivity index (χ3v) is 3.27. The van der Waals surface area contributed by atoms with Crippen molar-refractivity contribution in [2.45, 2.75) is 58.2 Å². The minimum absolute atomic E-state index is 0.172. The molecule has 0 saturated carbocycles. The zero-order valence-corrected chi connectivity index (χ0v) is 13.0. The average molecular weight is 274 g/mol. The summed E-state index contributed by atoms with van der Waals surface area (Å²) in [6.07, 6.45) is 2.27. The Kier molecular flexibility index (Phi) is 6.70. The number of rotatable bonds is 8. The summed E-state index contributed by atoms with van der Waals surface area (Å²) in [5.74, 6) is 0. The van der Waals surface area contributed by atoms with Crippen LogP contribution in [0.4, 0.5) is 0 Å². The van der Waals surface area contributed by atoms with E-state index < -0.39 is 5.54 Å². The van der Waals surface area contributed by atoms with Gasteiger partial charge in [-0.15, -0.1) is 0 Å². The Balaban J connectivity index is 2.92. The van der Waals surface area contributed by atoms with Crippen molar-refractivity contribution < 1.29 is 4.74 Å². The highest BCUT2D eigenvalue weighted by Crippen LogP contribution is 2.23. The number of hydrogen-bond donors (Lipinski definition) is 1. The first-order chi connectivity index (χ1) is 9.54. The molecule has 0 aliphatic rings. The first kappa shape index (κ1) is 16.7. The molecule has 110 valence electrons. The molecule has 0 heterocycles. The summed E-state index contributed by atoms with van der Waals surface area (Å²) in [7, 11) is 0. The second kappa shape index (κ2) is 8.04. The van der Waals surface area contributed by atoms with Gasteiger partial charge in [-0.05, 0) is 32.8 Å². The molecule has 0 radical (unpaired) electrons. The van der Waals surface area contributed by atoms with E-state index in [4.69, 9.17) is 4.74 Å². The smallest absolute Gasteiger partial charge is 0.156 e. The van der Waals surface area contributed by atoms with E-state index in [2.05, 4.69) is 25.2 Å². The van der Waals surface area contributed by atoms with Crippen LogP contribution in [0.1, 0.15) is 46.1 Å². The molecule has 0 bridgehead atoms. The fourth-order valence-corrected chi connectivity index (χ4v) is 2.31.